The van der Waals surface area contributed by atoms with Crippen molar-refractivity contribution in [2.24, 2.45) is 5.41 Å². The van der Waals surface area contributed by atoms with Crippen LogP contribution in [0, 0.1) is 5.41 Å². The van der Waals surface area contributed by atoms with Crippen LogP contribution >= 0.6 is 0 Å². The van der Waals surface area contributed by atoms with Gasteiger partial charge in [0, 0.05) is 0 Å². The van der Waals surface area contributed by atoms with Gasteiger partial charge in [-0.15, -0.1) is 0 Å². The van der Waals surface area contributed by atoms with E-state index in [1.807, 2.05) is 3.96 Å². The van der Waals surface area contributed by atoms with Gasteiger partial charge in [0.25, 0.3) is 0 Å². The quantitative estimate of drug-likeness (QED) is 0.703. The molecule has 0 aliphatic heterocycles. The van der Waals surface area contributed by atoms with Crippen LogP contribution in [0.15, 0.2) is 20.7 Å². The van der Waals surface area contributed by atoms with Gasteiger partial charge in [0.1, 0.15) is 0 Å². The van der Waals surface area contributed by atoms with Crippen molar-refractivity contribution in [3.8, 4) is 0 Å². The molecule has 13 heavy (non-hydrogen) atoms. The number of hydrogen-bond donors (Lipinski definition) is 0. The van der Waals surface area contributed by atoms with Crippen molar-refractivity contribution in [1.29, 1.82) is 0 Å². The van der Waals surface area contributed by atoms with E-state index in [-0.39, 0.29) is 18.6 Å². The molecule has 0 nitrogen and oxygen atoms in total. The Morgan fingerprint density at radius 1 is 1.08 bits per heavy atom. The Hall–Kier alpha value is 0.168. The van der Waals surface area contributed by atoms with Crippen molar-refractivity contribution >= 4 is 0 Å². The second-order valence-corrected chi connectivity index (χ2v) is 8.84. The molecule has 0 amide bonds. The van der Waals surface area contributed by atoms with Gasteiger partial charge in [0.2, 0.25) is 0 Å². The molecule has 0 fully saturated rings. The van der Waals surface area contributed by atoms with E-state index in [2.05, 4.69) is 41.5 Å². The average Bonchev–Trinajstić information content (AvgIpc) is 2.20. The van der Waals surface area contributed by atoms with E-state index >= 15 is 0 Å². The molecule has 0 N–H and O–H groups in total. The van der Waals surface area contributed by atoms with Crippen molar-refractivity contribution in [2.75, 3.05) is 0 Å². The Morgan fingerprint density at radius 3 is 1.92 bits per heavy atom. The van der Waals surface area contributed by atoms with Gasteiger partial charge in [-0.2, -0.15) is 0 Å². The summed E-state index contributed by atoms with van der Waals surface area (Å²) in [6.07, 6.45) is 0. The minimum atomic E-state index is -0.226. The first kappa shape index (κ1) is 11.2. The summed E-state index contributed by atoms with van der Waals surface area (Å²) in [4.78, 5) is 1.43. The fourth-order valence-electron chi connectivity index (χ4n) is 1.99. The normalized spacial score (nSPS) is 21.7. The zero-order valence-electron chi connectivity index (χ0n) is 9.62. The third-order valence-corrected chi connectivity index (χ3v) is 8.27. The van der Waals surface area contributed by atoms with Crippen molar-refractivity contribution in [2.45, 2.75) is 46.4 Å². The van der Waals surface area contributed by atoms with E-state index in [1.165, 1.54) is 4.81 Å². The minimum absolute atomic E-state index is 0.226. The first-order valence-electron chi connectivity index (χ1n) is 4.95. The Kier molecular flexibility index (Phi) is 3.23. The van der Waals surface area contributed by atoms with Gasteiger partial charge < -0.3 is 0 Å². The summed E-state index contributed by atoms with van der Waals surface area (Å²) >= 11 is -0.226. The van der Waals surface area contributed by atoms with E-state index in [1.54, 1.807) is 16.7 Å². The SMILES string of the molecule is C[CH2][W][C]1=C(C)C(C)=C(C)C1(C)C. The summed E-state index contributed by atoms with van der Waals surface area (Å²) in [6, 6.07) is 0. The van der Waals surface area contributed by atoms with Crippen molar-refractivity contribution in [3.05, 3.63) is 20.7 Å². The third kappa shape index (κ3) is 1.70. The van der Waals surface area contributed by atoms with Crippen LogP contribution in [-0.4, -0.2) is 0 Å². The molecule has 0 saturated carbocycles. The zero-order chi connectivity index (χ0) is 10.2. The first-order chi connectivity index (χ1) is 5.92. The molecule has 1 aliphatic carbocycles. The van der Waals surface area contributed by atoms with Crippen molar-refractivity contribution in [1.82, 2.24) is 0 Å². The van der Waals surface area contributed by atoms with Crippen LogP contribution in [0.3, 0.4) is 0 Å². The summed E-state index contributed by atoms with van der Waals surface area (Å²) in [7, 11) is 0. The second kappa shape index (κ2) is 3.73. The molecule has 0 atom stereocenters. The Bertz CT molecular complexity index is 279. The Morgan fingerprint density at radius 2 is 1.62 bits per heavy atom. The van der Waals surface area contributed by atoms with Gasteiger partial charge in [0.15, 0.2) is 0 Å². The van der Waals surface area contributed by atoms with Gasteiger partial charge in [-0.3, -0.25) is 0 Å². The summed E-state index contributed by atoms with van der Waals surface area (Å²) in [5, 5.41) is 0. The topological polar surface area (TPSA) is 0 Å². The van der Waals surface area contributed by atoms with E-state index < -0.39 is 0 Å². The fourth-order valence-corrected chi connectivity index (χ4v) is 6.20. The molecule has 0 saturated heterocycles. The molecule has 0 heterocycles. The van der Waals surface area contributed by atoms with Crippen LogP contribution in [0.25, 0.3) is 0 Å². The third-order valence-electron chi connectivity index (χ3n) is 3.26. The molecule has 1 rings (SSSR count). The van der Waals surface area contributed by atoms with Crippen LogP contribution in [0.4, 0.5) is 0 Å². The molecular weight excluding hydrogens is 328 g/mol. The molecule has 0 bridgehead atoms. The molecule has 1 aliphatic rings. The molecule has 74 valence electrons. The second-order valence-electron chi connectivity index (χ2n) is 4.26. The van der Waals surface area contributed by atoms with Crippen molar-refractivity contribution in [3.63, 3.8) is 0 Å². The fraction of sp³-hybridized carbons (Fsp3) is 0.667. The Balaban J connectivity index is 3.12. The summed E-state index contributed by atoms with van der Waals surface area (Å²) in [5.41, 5.74) is 5.19. The number of hydrogen-bond acceptors (Lipinski definition) is 0. The van der Waals surface area contributed by atoms with E-state index in [0.717, 1.165) is 0 Å². The standard InChI is InChI=1S/C10H15.C2H5.W/c1-7-6-10(4,5)9(3)8(7)2;1-2;/h1-5H3;1H2,2H3;. The van der Waals surface area contributed by atoms with Gasteiger partial charge in [-0.1, -0.05) is 0 Å². The van der Waals surface area contributed by atoms with Gasteiger partial charge in [0.05, 0.1) is 0 Å². The molecule has 1 heteroatoms. The van der Waals surface area contributed by atoms with E-state index in [9.17, 15) is 0 Å². The average molecular weight is 348 g/mol. The molecule has 0 spiro atoms. The van der Waals surface area contributed by atoms with Crippen LogP contribution in [0.5, 0.6) is 0 Å². The maximum atomic E-state index is 2.40. The van der Waals surface area contributed by atoms with Gasteiger partial charge >= 0.3 is 91.0 Å². The van der Waals surface area contributed by atoms with Gasteiger partial charge in [-0.05, 0) is 0 Å². The molecule has 0 aromatic carbocycles. The van der Waals surface area contributed by atoms with Crippen LogP contribution in [0.1, 0.15) is 41.5 Å². The molecule has 0 radical (unpaired) electrons. The molecule has 0 unspecified atom stereocenters. The Labute approximate surface area is 91.0 Å². The van der Waals surface area contributed by atoms with Crippen LogP contribution in [-0.2, 0) is 18.6 Å². The predicted molar refractivity (Wildman–Crippen MR) is 55.3 cm³/mol. The first-order valence-corrected chi connectivity index (χ1v) is 8.49. The van der Waals surface area contributed by atoms with Crippen LogP contribution in [0.2, 0.25) is 4.81 Å². The zero-order valence-corrected chi connectivity index (χ0v) is 12.5. The number of rotatable bonds is 2. The monoisotopic (exact) mass is 348 g/mol. The van der Waals surface area contributed by atoms with E-state index in [4.69, 9.17) is 0 Å². The summed E-state index contributed by atoms with van der Waals surface area (Å²) < 4.78 is 1.82. The summed E-state index contributed by atoms with van der Waals surface area (Å²) in [6.45, 7) is 14.0. The summed E-state index contributed by atoms with van der Waals surface area (Å²) in [5.74, 6) is 0. The van der Waals surface area contributed by atoms with Crippen molar-refractivity contribution < 1.29 is 18.6 Å². The molecular formula is C12H20W. The van der Waals surface area contributed by atoms with Gasteiger partial charge in [-0.25, -0.2) is 0 Å². The maximum absolute atomic E-state index is 2.40. The van der Waals surface area contributed by atoms with E-state index in [0.29, 0.717) is 5.41 Å². The number of allylic oxidation sites excluding steroid dienone is 4. The molecule has 0 aromatic heterocycles. The predicted octanol–water partition coefficient (Wildman–Crippen LogP) is 4.16. The van der Waals surface area contributed by atoms with Crippen LogP contribution < -0.4 is 0 Å². The molecule has 0 aromatic rings.